The Morgan fingerprint density at radius 2 is 1.74 bits per heavy atom. The van der Waals surface area contributed by atoms with Gasteiger partial charge in [-0.05, 0) is 61.1 Å². The van der Waals surface area contributed by atoms with E-state index in [9.17, 15) is 9.59 Å². The Labute approximate surface area is 207 Å². The number of nitrogens with zero attached hydrogens (tertiary/aromatic N) is 3. The van der Waals surface area contributed by atoms with Gasteiger partial charge in [-0.2, -0.15) is 0 Å². The fourth-order valence-corrected chi connectivity index (χ4v) is 4.37. The number of hydrogen-bond donors (Lipinski definition) is 1. The number of thioether (sulfide) groups is 1. The number of anilines is 2. The molecule has 2 heterocycles. The van der Waals surface area contributed by atoms with Crippen LogP contribution in [-0.2, 0) is 11.2 Å². The third kappa shape index (κ3) is 5.87. The van der Waals surface area contributed by atoms with Gasteiger partial charge in [-0.1, -0.05) is 23.7 Å². The number of benzene rings is 2. The molecule has 1 aromatic heterocycles. The second-order valence-electron chi connectivity index (χ2n) is 7.93. The van der Waals surface area contributed by atoms with E-state index < -0.39 is 5.97 Å². The first-order valence-electron chi connectivity index (χ1n) is 11.0. The summed E-state index contributed by atoms with van der Waals surface area (Å²) in [7, 11) is 0. The van der Waals surface area contributed by atoms with Crippen LogP contribution in [0, 0.1) is 0 Å². The second-order valence-corrected chi connectivity index (χ2v) is 9.17. The summed E-state index contributed by atoms with van der Waals surface area (Å²) in [6.07, 6.45) is 4.54. The maximum Gasteiger partial charge on any atom is 0.308 e. The molecule has 1 saturated heterocycles. The van der Waals surface area contributed by atoms with Crippen molar-refractivity contribution in [2.75, 3.05) is 29.6 Å². The quantitative estimate of drug-likeness (QED) is 0.272. The number of aromatic nitrogens is 2. The van der Waals surface area contributed by atoms with Crippen molar-refractivity contribution in [2.45, 2.75) is 31.1 Å². The highest BCUT2D eigenvalue weighted by Gasteiger charge is 2.24. The van der Waals surface area contributed by atoms with E-state index in [1.165, 1.54) is 6.92 Å². The van der Waals surface area contributed by atoms with Crippen LogP contribution in [0.15, 0.2) is 53.4 Å². The summed E-state index contributed by atoms with van der Waals surface area (Å²) in [5, 5.41) is 3.04. The van der Waals surface area contributed by atoms with Crippen molar-refractivity contribution in [3.63, 3.8) is 0 Å². The van der Waals surface area contributed by atoms with Crippen LogP contribution in [-0.4, -0.2) is 41.2 Å². The molecule has 0 saturated carbocycles. The van der Waals surface area contributed by atoms with Gasteiger partial charge >= 0.3 is 5.97 Å². The molecule has 1 aliphatic rings. The summed E-state index contributed by atoms with van der Waals surface area (Å²) < 4.78 is 5.32. The molecular weight excluding hydrogens is 472 g/mol. The zero-order valence-electron chi connectivity index (χ0n) is 19.0. The van der Waals surface area contributed by atoms with Gasteiger partial charge in [0, 0.05) is 42.6 Å². The summed E-state index contributed by atoms with van der Waals surface area (Å²) in [4.78, 5) is 36.3. The fraction of sp³-hybridized carbons (Fsp3) is 0.280. The van der Waals surface area contributed by atoms with Crippen LogP contribution in [0.4, 0.5) is 11.5 Å². The Bertz CT molecular complexity index is 1180. The Hall–Kier alpha value is -3.10. The highest BCUT2D eigenvalue weighted by Crippen LogP contribution is 2.35. The molecule has 0 unspecified atom stereocenters. The van der Waals surface area contributed by atoms with Crippen LogP contribution in [0.3, 0.4) is 0 Å². The van der Waals surface area contributed by atoms with Crippen molar-refractivity contribution in [1.29, 1.82) is 0 Å². The molecule has 9 heteroatoms. The van der Waals surface area contributed by atoms with Crippen LogP contribution < -0.4 is 15.0 Å². The van der Waals surface area contributed by atoms with Crippen molar-refractivity contribution >= 4 is 46.7 Å². The molecule has 4 rings (SSSR count). The number of ether oxygens (including phenoxy) is 1. The normalized spacial score (nSPS) is 13.1. The minimum atomic E-state index is -0.462. The van der Waals surface area contributed by atoms with E-state index in [0.29, 0.717) is 29.3 Å². The first-order valence-corrected chi connectivity index (χ1v) is 12.6. The molecule has 2 aromatic carbocycles. The number of halogens is 1. The van der Waals surface area contributed by atoms with E-state index in [-0.39, 0.29) is 16.8 Å². The predicted octanol–water partition coefficient (Wildman–Crippen LogP) is 5.22. The molecule has 0 radical (unpaired) electrons. The zero-order valence-corrected chi connectivity index (χ0v) is 20.6. The van der Waals surface area contributed by atoms with Gasteiger partial charge in [-0.15, -0.1) is 11.8 Å². The van der Waals surface area contributed by atoms with Crippen LogP contribution in [0.1, 0.15) is 41.5 Å². The number of rotatable bonds is 7. The van der Waals surface area contributed by atoms with Crippen molar-refractivity contribution in [2.24, 2.45) is 0 Å². The molecule has 0 bridgehead atoms. The molecule has 1 aliphatic heterocycles. The predicted molar refractivity (Wildman–Crippen MR) is 135 cm³/mol. The molecule has 34 heavy (non-hydrogen) atoms. The maximum atomic E-state index is 12.5. The summed E-state index contributed by atoms with van der Waals surface area (Å²) >= 11 is 8.01. The first kappa shape index (κ1) is 24.0. The Kier molecular flexibility index (Phi) is 7.70. The van der Waals surface area contributed by atoms with E-state index in [1.807, 2.05) is 54.8 Å². The van der Waals surface area contributed by atoms with Crippen molar-refractivity contribution in [3.8, 4) is 5.75 Å². The van der Waals surface area contributed by atoms with Gasteiger partial charge in [0.05, 0.1) is 0 Å². The van der Waals surface area contributed by atoms with Crippen LogP contribution in [0.5, 0.6) is 5.75 Å². The minimum Gasteiger partial charge on any atom is -0.419 e. The SMILES string of the molecule is CSc1ccc(C(=O)Nc2ccc(Cc3nc(Cl)c(OC(C)=O)c(N4CCCC4)n3)cc2)cc1. The second kappa shape index (κ2) is 10.9. The summed E-state index contributed by atoms with van der Waals surface area (Å²) in [6, 6.07) is 15.0. The lowest BCUT2D eigenvalue weighted by molar-refractivity contribution is -0.131. The van der Waals surface area contributed by atoms with E-state index in [2.05, 4.69) is 20.2 Å². The molecule has 0 aliphatic carbocycles. The van der Waals surface area contributed by atoms with E-state index >= 15 is 0 Å². The topological polar surface area (TPSA) is 84.4 Å². The molecular formula is C25H25ClN4O3S. The van der Waals surface area contributed by atoms with E-state index in [1.54, 1.807) is 11.8 Å². The highest BCUT2D eigenvalue weighted by molar-refractivity contribution is 7.98. The molecule has 1 fully saturated rings. The largest absolute Gasteiger partial charge is 0.419 e. The first-order chi connectivity index (χ1) is 16.4. The van der Waals surface area contributed by atoms with Gasteiger partial charge in [0.2, 0.25) is 5.75 Å². The van der Waals surface area contributed by atoms with Gasteiger partial charge in [-0.3, -0.25) is 9.59 Å². The molecule has 1 N–H and O–H groups in total. The van der Waals surface area contributed by atoms with Crippen molar-refractivity contribution < 1.29 is 14.3 Å². The highest BCUT2D eigenvalue weighted by atomic mass is 35.5. The molecule has 3 aromatic rings. The van der Waals surface area contributed by atoms with Crippen LogP contribution >= 0.6 is 23.4 Å². The zero-order chi connectivity index (χ0) is 24.1. The molecule has 7 nitrogen and oxygen atoms in total. The van der Waals surface area contributed by atoms with Crippen molar-refractivity contribution in [3.05, 3.63) is 70.6 Å². The smallest absolute Gasteiger partial charge is 0.308 e. The summed E-state index contributed by atoms with van der Waals surface area (Å²) in [5.74, 6) is 0.680. The number of hydrogen-bond acceptors (Lipinski definition) is 7. The lowest BCUT2D eigenvalue weighted by Gasteiger charge is -2.20. The van der Waals surface area contributed by atoms with Gasteiger partial charge in [0.15, 0.2) is 11.0 Å². The number of carbonyl (C=O) groups excluding carboxylic acids is 2. The monoisotopic (exact) mass is 496 g/mol. The third-order valence-electron chi connectivity index (χ3n) is 5.43. The maximum absolute atomic E-state index is 12.5. The Morgan fingerprint density at radius 1 is 1.06 bits per heavy atom. The van der Waals surface area contributed by atoms with Gasteiger partial charge in [0.25, 0.3) is 5.91 Å². The molecule has 0 atom stereocenters. The average Bonchev–Trinajstić information content (AvgIpc) is 3.36. The van der Waals surface area contributed by atoms with Crippen molar-refractivity contribution in [1.82, 2.24) is 9.97 Å². The Morgan fingerprint density at radius 3 is 2.35 bits per heavy atom. The minimum absolute atomic E-state index is 0.124. The Balaban J connectivity index is 1.48. The number of amides is 1. The summed E-state index contributed by atoms with van der Waals surface area (Å²) in [6.45, 7) is 2.99. The molecule has 1 amide bonds. The standard InChI is InChI=1S/C25H25ClN4O3S/c1-16(31)33-22-23(26)28-21(29-24(22)30-13-3-4-14-30)15-17-5-9-19(10-6-17)27-25(32)18-7-11-20(34-2)12-8-18/h5-12H,3-4,13-15H2,1-2H3,(H,27,32). The van der Waals surface area contributed by atoms with Crippen LogP contribution in [0.2, 0.25) is 5.15 Å². The van der Waals surface area contributed by atoms with Gasteiger partial charge < -0.3 is 15.0 Å². The van der Waals surface area contributed by atoms with E-state index in [0.717, 1.165) is 36.4 Å². The lowest BCUT2D eigenvalue weighted by Crippen LogP contribution is -2.22. The third-order valence-corrected chi connectivity index (χ3v) is 6.43. The van der Waals surface area contributed by atoms with Crippen LogP contribution in [0.25, 0.3) is 0 Å². The molecule has 0 spiro atoms. The van der Waals surface area contributed by atoms with E-state index in [4.69, 9.17) is 16.3 Å². The van der Waals surface area contributed by atoms with Gasteiger partial charge in [0.1, 0.15) is 5.82 Å². The number of carbonyl (C=O) groups is 2. The fourth-order valence-electron chi connectivity index (χ4n) is 3.74. The summed E-state index contributed by atoms with van der Waals surface area (Å²) in [5.41, 5.74) is 2.27. The number of esters is 1. The average molecular weight is 497 g/mol. The lowest BCUT2D eigenvalue weighted by atomic mass is 10.1. The molecule has 176 valence electrons. The number of nitrogens with one attached hydrogen (secondary N) is 1. The van der Waals surface area contributed by atoms with Gasteiger partial charge in [-0.25, -0.2) is 9.97 Å².